The maximum atomic E-state index is 13.4. The van der Waals surface area contributed by atoms with Gasteiger partial charge in [-0.15, -0.1) is 0 Å². The van der Waals surface area contributed by atoms with E-state index in [0.29, 0.717) is 0 Å². The monoisotopic (exact) mass is 244 g/mol. The molecule has 1 aromatic rings. The molecule has 2 N–H and O–H groups in total. The van der Waals surface area contributed by atoms with E-state index in [1.165, 1.54) is 21.1 Å². The summed E-state index contributed by atoms with van der Waals surface area (Å²) in [6.45, 7) is 1.32. The summed E-state index contributed by atoms with van der Waals surface area (Å²) in [5.74, 6) is -3.96. The van der Waals surface area contributed by atoms with Crippen molar-refractivity contribution in [3.63, 3.8) is 0 Å². The van der Waals surface area contributed by atoms with E-state index in [1.54, 1.807) is 0 Å². The summed E-state index contributed by atoms with van der Waals surface area (Å²) >= 11 is 0. The summed E-state index contributed by atoms with van der Waals surface area (Å²) in [6, 6.07) is 0.937. The second-order valence-corrected chi connectivity index (χ2v) is 3.42. The molecule has 0 heterocycles. The number of hydrogen-bond acceptors (Lipinski definition) is 4. The van der Waals surface area contributed by atoms with E-state index in [0.717, 1.165) is 6.07 Å². The Balaban J connectivity index is 3.53. The molecule has 0 saturated heterocycles. The highest BCUT2D eigenvalue weighted by Crippen LogP contribution is 2.43. The Hall–Kier alpha value is -1.98. The maximum Gasteiger partial charge on any atom is 0.310 e. The topological polar surface area (TPSA) is 76.0 Å². The maximum absolute atomic E-state index is 13.4. The van der Waals surface area contributed by atoms with Crippen LogP contribution in [0.2, 0.25) is 0 Å². The first-order valence-electron chi connectivity index (χ1n) is 4.80. The minimum absolute atomic E-state index is 0.0151. The lowest BCUT2D eigenvalue weighted by Gasteiger charge is -2.17. The predicted octanol–water partition coefficient (Wildman–Crippen LogP) is 1.74. The van der Waals surface area contributed by atoms with Crippen LogP contribution in [0.4, 0.5) is 4.39 Å². The van der Waals surface area contributed by atoms with Crippen molar-refractivity contribution in [2.75, 3.05) is 14.2 Å². The van der Waals surface area contributed by atoms with Crippen LogP contribution in [0.5, 0.6) is 17.2 Å². The van der Waals surface area contributed by atoms with Gasteiger partial charge in [0.05, 0.1) is 25.7 Å². The lowest BCUT2D eigenvalue weighted by atomic mass is 9.98. The van der Waals surface area contributed by atoms with Crippen molar-refractivity contribution in [3.8, 4) is 17.2 Å². The van der Waals surface area contributed by atoms with Crippen LogP contribution in [0, 0.1) is 5.82 Å². The predicted molar refractivity (Wildman–Crippen MR) is 57.2 cm³/mol. The number of rotatable bonds is 4. The molecular formula is C11H13FO5. The van der Waals surface area contributed by atoms with Crippen molar-refractivity contribution >= 4 is 5.97 Å². The molecule has 0 aliphatic rings. The zero-order valence-corrected chi connectivity index (χ0v) is 9.65. The number of phenols is 1. The number of carbonyl (C=O) groups is 1. The Morgan fingerprint density at radius 1 is 1.41 bits per heavy atom. The quantitative estimate of drug-likeness (QED) is 0.843. The number of aromatic hydroxyl groups is 1. The van der Waals surface area contributed by atoms with Gasteiger partial charge in [0.2, 0.25) is 0 Å². The van der Waals surface area contributed by atoms with Gasteiger partial charge in [-0.2, -0.15) is 0 Å². The number of phenolic OH excluding ortho intramolecular Hbond substituents is 1. The Labute approximate surface area is 97.4 Å². The van der Waals surface area contributed by atoms with Gasteiger partial charge in [-0.25, -0.2) is 4.39 Å². The van der Waals surface area contributed by atoms with E-state index in [9.17, 15) is 14.3 Å². The number of methoxy groups -OCH3 is 2. The number of benzene rings is 1. The smallest absolute Gasteiger partial charge is 0.310 e. The van der Waals surface area contributed by atoms with Crippen molar-refractivity contribution in [2.24, 2.45) is 0 Å². The fraction of sp³-hybridized carbons (Fsp3) is 0.364. The fourth-order valence-electron chi connectivity index (χ4n) is 1.51. The van der Waals surface area contributed by atoms with E-state index < -0.39 is 23.5 Å². The summed E-state index contributed by atoms with van der Waals surface area (Å²) in [5, 5.41) is 18.5. The van der Waals surface area contributed by atoms with Gasteiger partial charge in [0.25, 0.3) is 0 Å². The molecule has 1 atom stereocenters. The molecule has 0 radical (unpaired) electrons. The van der Waals surface area contributed by atoms with Crippen LogP contribution < -0.4 is 9.47 Å². The van der Waals surface area contributed by atoms with Crippen LogP contribution >= 0.6 is 0 Å². The van der Waals surface area contributed by atoms with Crippen molar-refractivity contribution in [1.82, 2.24) is 0 Å². The summed E-state index contributed by atoms with van der Waals surface area (Å²) < 4.78 is 23.2. The molecular weight excluding hydrogens is 231 g/mol. The molecule has 17 heavy (non-hydrogen) atoms. The van der Waals surface area contributed by atoms with Crippen LogP contribution in [-0.4, -0.2) is 30.4 Å². The molecule has 0 fully saturated rings. The van der Waals surface area contributed by atoms with E-state index in [4.69, 9.17) is 14.6 Å². The van der Waals surface area contributed by atoms with Gasteiger partial charge < -0.3 is 19.7 Å². The van der Waals surface area contributed by atoms with Gasteiger partial charge in [-0.1, -0.05) is 0 Å². The Morgan fingerprint density at radius 2 is 2.00 bits per heavy atom. The molecule has 6 heteroatoms. The van der Waals surface area contributed by atoms with Crippen molar-refractivity contribution < 1.29 is 28.9 Å². The lowest BCUT2D eigenvalue weighted by Crippen LogP contribution is -2.10. The van der Waals surface area contributed by atoms with E-state index in [-0.39, 0.29) is 17.1 Å². The van der Waals surface area contributed by atoms with Crippen molar-refractivity contribution in [2.45, 2.75) is 12.8 Å². The van der Waals surface area contributed by atoms with Gasteiger partial charge in [-0.3, -0.25) is 4.79 Å². The second-order valence-electron chi connectivity index (χ2n) is 3.42. The molecule has 1 aromatic carbocycles. The van der Waals surface area contributed by atoms with Crippen LogP contribution in [0.15, 0.2) is 6.07 Å². The molecule has 0 aliphatic heterocycles. The number of carboxylic acid groups (broad SMARTS) is 1. The molecule has 0 aliphatic carbocycles. The minimum Gasteiger partial charge on any atom is -0.505 e. The van der Waals surface area contributed by atoms with E-state index >= 15 is 0 Å². The normalized spacial score (nSPS) is 12.0. The van der Waals surface area contributed by atoms with Crippen LogP contribution in [0.25, 0.3) is 0 Å². The third-order valence-electron chi connectivity index (χ3n) is 2.44. The van der Waals surface area contributed by atoms with Gasteiger partial charge >= 0.3 is 5.97 Å². The molecule has 0 bridgehead atoms. The lowest BCUT2D eigenvalue weighted by molar-refractivity contribution is -0.138. The molecule has 0 aromatic heterocycles. The third-order valence-corrected chi connectivity index (χ3v) is 2.44. The number of aliphatic carboxylic acids is 1. The minimum atomic E-state index is -1.20. The van der Waals surface area contributed by atoms with E-state index in [1.807, 2.05) is 0 Å². The average molecular weight is 244 g/mol. The Kier molecular flexibility index (Phi) is 3.77. The van der Waals surface area contributed by atoms with Crippen LogP contribution in [-0.2, 0) is 4.79 Å². The first-order valence-corrected chi connectivity index (χ1v) is 4.80. The van der Waals surface area contributed by atoms with Crippen LogP contribution in [0.1, 0.15) is 18.4 Å². The molecule has 0 saturated carbocycles. The van der Waals surface area contributed by atoms with Gasteiger partial charge in [0.15, 0.2) is 23.1 Å². The van der Waals surface area contributed by atoms with Gasteiger partial charge in [-0.05, 0) is 6.92 Å². The molecule has 0 spiro atoms. The third kappa shape index (κ3) is 2.25. The fourth-order valence-corrected chi connectivity index (χ4v) is 1.51. The highest BCUT2D eigenvalue weighted by Gasteiger charge is 2.27. The average Bonchev–Trinajstić information content (AvgIpc) is 2.30. The Morgan fingerprint density at radius 3 is 2.41 bits per heavy atom. The number of halogens is 1. The molecule has 1 unspecified atom stereocenters. The summed E-state index contributed by atoms with van der Waals surface area (Å²) in [7, 11) is 2.58. The zero-order valence-electron chi connectivity index (χ0n) is 9.65. The van der Waals surface area contributed by atoms with Crippen LogP contribution in [0.3, 0.4) is 0 Å². The highest BCUT2D eigenvalue weighted by molar-refractivity contribution is 5.79. The SMILES string of the molecule is COc1cc(F)c(O)c(C(C)C(=O)O)c1OC. The molecule has 94 valence electrons. The zero-order chi connectivity index (χ0) is 13.2. The molecule has 0 amide bonds. The van der Waals surface area contributed by atoms with E-state index in [2.05, 4.69) is 0 Å². The first kappa shape index (κ1) is 13.1. The Bertz CT molecular complexity index is 444. The summed E-state index contributed by atoms with van der Waals surface area (Å²) in [6.07, 6.45) is 0. The van der Waals surface area contributed by atoms with Gasteiger partial charge in [0.1, 0.15) is 0 Å². The van der Waals surface area contributed by atoms with Crippen molar-refractivity contribution in [1.29, 1.82) is 0 Å². The number of carboxylic acids is 1. The molecule has 5 nitrogen and oxygen atoms in total. The van der Waals surface area contributed by atoms with Gasteiger partial charge in [0, 0.05) is 6.07 Å². The summed E-state index contributed by atoms with van der Waals surface area (Å²) in [5.41, 5.74) is -0.142. The number of ether oxygens (including phenoxy) is 2. The largest absolute Gasteiger partial charge is 0.505 e. The molecule has 1 rings (SSSR count). The highest BCUT2D eigenvalue weighted by atomic mass is 19.1. The number of hydrogen-bond donors (Lipinski definition) is 2. The summed E-state index contributed by atoms with van der Waals surface area (Å²) in [4.78, 5) is 10.9. The first-order chi connectivity index (χ1) is 7.93. The standard InChI is InChI=1S/C11H13FO5/c1-5(11(14)15)8-9(13)6(12)4-7(16-2)10(8)17-3/h4-5,13H,1-3H3,(H,14,15). The van der Waals surface area contributed by atoms with Crippen molar-refractivity contribution in [3.05, 3.63) is 17.4 Å². The second kappa shape index (κ2) is 4.90.